The van der Waals surface area contributed by atoms with E-state index in [4.69, 9.17) is 4.74 Å². The lowest BCUT2D eigenvalue weighted by molar-refractivity contribution is -0.383. The van der Waals surface area contributed by atoms with Gasteiger partial charge in [-0.2, -0.15) is 0 Å². The van der Waals surface area contributed by atoms with E-state index < -0.39 is 93.3 Å². The van der Waals surface area contributed by atoms with Crippen molar-refractivity contribution in [2.24, 2.45) is 11.8 Å². The van der Waals surface area contributed by atoms with Crippen molar-refractivity contribution in [2.75, 3.05) is 14.1 Å². The molecular formula is C40H54N8O11. The monoisotopic (exact) mass is 822 g/mol. The Bertz CT molecular complexity index is 2130. The highest BCUT2D eigenvalue weighted by Gasteiger charge is 2.35. The van der Waals surface area contributed by atoms with Crippen LogP contribution in [0, 0.1) is 22.0 Å². The highest BCUT2D eigenvalue weighted by Crippen LogP contribution is 2.19. The summed E-state index contributed by atoms with van der Waals surface area (Å²) in [5.41, 5.74) is -1.72. The number of H-pyrrole nitrogens is 1. The summed E-state index contributed by atoms with van der Waals surface area (Å²) in [5.74, 6) is -4.47. The van der Waals surface area contributed by atoms with E-state index >= 15 is 0 Å². The van der Waals surface area contributed by atoms with E-state index in [9.17, 15) is 48.5 Å². The quantitative estimate of drug-likeness (QED) is 0.0756. The van der Waals surface area contributed by atoms with Gasteiger partial charge >= 0.3 is 0 Å². The van der Waals surface area contributed by atoms with Crippen LogP contribution >= 0.6 is 0 Å². The van der Waals surface area contributed by atoms with Crippen LogP contribution in [-0.4, -0.2) is 99.3 Å². The molecule has 320 valence electrons. The van der Waals surface area contributed by atoms with Crippen molar-refractivity contribution >= 4 is 51.8 Å². The molecule has 0 bridgehead atoms. The van der Waals surface area contributed by atoms with Gasteiger partial charge in [-0.25, -0.2) is 4.68 Å². The molecule has 59 heavy (non-hydrogen) atoms. The molecule has 3 aromatic rings. The zero-order valence-corrected chi connectivity index (χ0v) is 34.5. The topological polar surface area (TPSA) is 261 Å². The molecule has 1 aromatic heterocycles. The van der Waals surface area contributed by atoms with Gasteiger partial charge in [-0.05, 0) is 43.2 Å². The molecule has 0 aliphatic rings. The number of nitro groups is 1. The Morgan fingerprint density at radius 2 is 1.46 bits per heavy atom. The number of Topliss-reactive ketones (excluding diaryl/α,β-unsaturated/α-hetero) is 1. The number of nitrogens with zero attached hydrogens (tertiary/aromatic N) is 3. The number of carbonyl (C=O) groups is 6. The van der Waals surface area contributed by atoms with E-state index in [-0.39, 0.29) is 49.0 Å². The number of amides is 5. The minimum Gasteiger partial charge on any atom is -0.371 e. The Morgan fingerprint density at radius 3 is 2.03 bits per heavy atom. The van der Waals surface area contributed by atoms with Crippen LogP contribution in [0.4, 0.5) is 5.69 Å². The first kappa shape index (κ1) is 47.1. The predicted molar refractivity (Wildman–Crippen MR) is 217 cm³/mol. The number of rotatable bonds is 21. The number of hydrogen-bond acceptors (Lipinski definition) is 11. The largest absolute Gasteiger partial charge is 0.371 e. The molecule has 5 amide bonds. The van der Waals surface area contributed by atoms with Crippen LogP contribution in [0.5, 0.6) is 0 Å². The van der Waals surface area contributed by atoms with E-state index in [0.29, 0.717) is 4.68 Å². The maximum absolute atomic E-state index is 14.1. The second kappa shape index (κ2) is 21.5. The molecule has 0 aliphatic heterocycles. The Morgan fingerprint density at radius 1 is 0.831 bits per heavy atom. The van der Waals surface area contributed by atoms with Gasteiger partial charge in [0.1, 0.15) is 30.1 Å². The molecular weight excluding hydrogens is 768 g/mol. The molecule has 3 rings (SSSR count). The molecule has 0 aliphatic carbocycles. The van der Waals surface area contributed by atoms with Gasteiger partial charge in [0.15, 0.2) is 5.78 Å². The van der Waals surface area contributed by atoms with Crippen LogP contribution in [0.1, 0.15) is 66.4 Å². The Balaban J connectivity index is 1.95. The van der Waals surface area contributed by atoms with E-state index in [1.165, 1.54) is 38.1 Å². The number of carbonyl (C=O) groups excluding carboxylic acids is 6. The van der Waals surface area contributed by atoms with Gasteiger partial charge in [-0.15, -0.1) is 0 Å². The van der Waals surface area contributed by atoms with Crippen molar-refractivity contribution in [3.8, 4) is 0 Å². The van der Waals surface area contributed by atoms with Crippen LogP contribution in [0.25, 0.3) is 10.8 Å². The molecule has 2 aromatic carbocycles. The van der Waals surface area contributed by atoms with Crippen LogP contribution in [0.2, 0.25) is 0 Å². The van der Waals surface area contributed by atoms with Crippen molar-refractivity contribution in [3.63, 3.8) is 0 Å². The Labute approximate surface area is 340 Å². The normalized spacial score (nSPS) is 13.8. The van der Waals surface area contributed by atoms with Crippen LogP contribution < -0.4 is 32.4 Å². The van der Waals surface area contributed by atoms with Crippen molar-refractivity contribution in [2.45, 2.75) is 104 Å². The minimum absolute atomic E-state index is 0.0613. The van der Waals surface area contributed by atoms with Gasteiger partial charge in [-0.3, -0.25) is 53.6 Å². The van der Waals surface area contributed by atoms with Crippen LogP contribution in [0.3, 0.4) is 0 Å². The molecule has 5 atom stereocenters. The summed E-state index contributed by atoms with van der Waals surface area (Å²) in [6, 6.07) is 7.51. The van der Waals surface area contributed by atoms with Gasteiger partial charge in [0.2, 0.25) is 29.5 Å². The first-order chi connectivity index (χ1) is 27.7. The molecule has 19 nitrogen and oxygen atoms in total. The number of nitrogens with one attached hydrogen (secondary N) is 5. The first-order valence-corrected chi connectivity index (χ1v) is 19.2. The number of benzene rings is 2. The Hall–Kier alpha value is -6.24. The summed E-state index contributed by atoms with van der Waals surface area (Å²) >= 11 is 0. The van der Waals surface area contributed by atoms with Gasteiger partial charge < -0.3 is 30.9 Å². The molecule has 0 spiro atoms. The summed E-state index contributed by atoms with van der Waals surface area (Å²) in [5, 5.41) is 23.5. The fraction of sp³-hybridized carbons (Fsp3) is 0.500. The lowest BCUT2D eigenvalue weighted by atomic mass is 9.99. The lowest BCUT2D eigenvalue weighted by Gasteiger charge is -2.30. The number of fused-ring (bicyclic) bond motifs is 1. The van der Waals surface area contributed by atoms with Crippen molar-refractivity contribution in [1.29, 1.82) is 0 Å². The number of ether oxygens (including phenoxy) is 1. The summed E-state index contributed by atoms with van der Waals surface area (Å²) in [6.07, 6.45) is -1.34. The van der Waals surface area contributed by atoms with Crippen molar-refractivity contribution in [3.05, 3.63) is 84.9 Å². The molecule has 0 unspecified atom stereocenters. The fourth-order valence-electron chi connectivity index (χ4n) is 6.19. The molecule has 5 N–H and O–H groups in total. The van der Waals surface area contributed by atoms with Crippen LogP contribution in [0.15, 0.2) is 58.1 Å². The van der Waals surface area contributed by atoms with Gasteiger partial charge in [-0.1, -0.05) is 64.1 Å². The number of nitro benzene ring substituents is 1. The highest BCUT2D eigenvalue weighted by atomic mass is 16.6. The van der Waals surface area contributed by atoms with E-state index in [1.807, 2.05) is 30.3 Å². The number of aromatic amines is 1. The second-order valence-electron chi connectivity index (χ2n) is 15.2. The summed E-state index contributed by atoms with van der Waals surface area (Å²) in [6.45, 7) is 9.15. The number of ketones is 1. The third kappa shape index (κ3) is 13.4. The summed E-state index contributed by atoms with van der Waals surface area (Å²) in [7, 11) is 3.01. The number of aromatic nitrogens is 2. The first-order valence-electron chi connectivity index (χ1n) is 19.2. The second-order valence-corrected chi connectivity index (χ2v) is 15.2. The zero-order chi connectivity index (χ0) is 44.1. The van der Waals surface area contributed by atoms with E-state index in [0.717, 1.165) is 11.6 Å². The average molecular weight is 823 g/mol. The zero-order valence-electron chi connectivity index (χ0n) is 34.5. The molecule has 19 heteroatoms. The third-order valence-corrected chi connectivity index (χ3v) is 9.40. The van der Waals surface area contributed by atoms with E-state index in [2.05, 4.69) is 26.4 Å². The fourth-order valence-corrected chi connectivity index (χ4v) is 6.19. The highest BCUT2D eigenvalue weighted by molar-refractivity contribution is 5.96. The summed E-state index contributed by atoms with van der Waals surface area (Å²) in [4.78, 5) is 118. The Kier molecular flexibility index (Phi) is 17.2. The maximum Gasteiger partial charge on any atom is 0.283 e. The van der Waals surface area contributed by atoms with Gasteiger partial charge in [0.05, 0.1) is 29.1 Å². The molecule has 1 heterocycles. The number of non-ortho nitro benzene ring substituents is 1. The standard InChI is InChI=1S/C40H54N8O11/c1-22(2)19-29(43-39(55)35(24(5)59-21-26-13-10-9-11-14-26)44-38(54)34(23(3)4)41-25(6)49)36(52)42-28(17-18-32(51)46(7)8)31(50)20-47-40(56)27-15-12-16-30(48(57)58)33(27)37(53)45-47/h9-16,22-24,28-29,34-35H,17-21H2,1-8H3,(H,41,49)(H,42,52)(H,43,55)(H,44,54)(H,45,53)/t24-,28+,29+,34+,35+/m1/s1. The average Bonchev–Trinajstić information content (AvgIpc) is 3.17. The molecule has 0 saturated carbocycles. The predicted octanol–water partition coefficient (Wildman–Crippen LogP) is 1.30. The van der Waals surface area contributed by atoms with Crippen LogP contribution in [-0.2, 0) is 46.7 Å². The minimum atomic E-state index is -1.41. The summed E-state index contributed by atoms with van der Waals surface area (Å²) < 4.78 is 6.69. The lowest BCUT2D eigenvalue weighted by Crippen LogP contribution is -2.61. The maximum atomic E-state index is 14.1. The SMILES string of the molecule is CC(=O)N[C@H](C(=O)N[C@H](C(=O)N[C@@H](CC(C)C)C(=O)N[C@@H](CCC(=O)N(C)C)C(=O)Cn1[nH]c(=O)c2c([N+](=O)[O-])cccc2c1=O)[C@@H](C)OCc1ccccc1)C(C)C. The van der Waals surface area contributed by atoms with Gasteiger partial charge in [0, 0.05) is 33.5 Å². The van der Waals surface area contributed by atoms with Crippen molar-refractivity contribution < 1.29 is 38.4 Å². The third-order valence-electron chi connectivity index (χ3n) is 9.40. The molecule has 0 fully saturated rings. The molecule has 0 radical (unpaired) electrons. The number of hydrogen-bond donors (Lipinski definition) is 5. The van der Waals surface area contributed by atoms with Gasteiger partial charge in [0.25, 0.3) is 16.8 Å². The smallest absolute Gasteiger partial charge is 0.283 e. The molecule has 0 saturated heterocycles. The van der Waals surface area contributed by atoms with E-state index in [1.54, 1.807) is 34.6 Å². The van der Waals surface area contributed by atoms with Crippen molar-refractivity contribution in [1.82, 2.24) is 35.9 Å².